The highest BCUT2D eigenvalue weighted by molar-refractivity contribution is 5.50. The van der Waals surface area contributed by atoms with Gasteiger partial charge in [0.1, 0.15) is 11.9 Å². The summed E-state index contributed by atoms with van der Waals surface area (Å²) in [6.07, 6.45) is 8.97. The zero-order chi connectivity index (χ0) is 13.2. The summed E-state index contributed by atoms with van der Waals surface area (Å²) < 4.78 is 7.37. The quantitative estimate of drug-likeness (QED) is 0.923. The van der Waals surface area contributed by atoms with Crippen LogP contribution in [0.5, 0.6) is 5.75 Å². The highest BCUT2D eigenvalue weighted by Crippen LogP contribution is 2.38. The second-order valence-electron chi connectivity index (χ2n) is 5.32. The molecule has 1 saturated carbocycles. The van der Waals surface area contributed by atoms with Crippen molar-refractivity contribution in [2.24, 2.45) is 5.92 Å². The highest BCUT2D eigenvalue weighted by Gasteiger charge is 2.27. The van der Waals surface area contributed by atoms with E-state index in [2.05, 4.69) is 4.98 Å². The topological polar surface area (TPSA) is 46.8 Å². The Kier molecular flexibility index (Phi) is 3.42. The fourth-order valence-corrected chi connectivity index (χ4v) is 3.13. The number of methoxy groups -OCH3 is 1. The van der Waals surface area contributed by atoms with E-state index in [9.17, 15) is 5.11 Å². The van der Waals surface area contributed by atoms with Crippen LogP contribution < -0.4 is 4.74 Å². The first-order chi connectivity index (χ1) is 9.31. The zero-order valence-corrected chi connectivity index (χ0v) is 11.2. The Labute approximate surface area is 113 Å². The standard InChI is InChI=1S/C15H20N2O2/c1-19-13-8-7-12-9-16-10-17(12)14(13)15(18)11-5-3-2-4-6-11/h7-11,15,18H,2-6H2,1H3. The predicted octanol–water partition coefficient (Wildman–Crippen LogP) is 2.96. The first kappa shape index (κ1) is 12.5. The molecule has 1 unspecified atom stereocenters. The molecule has 1 fully saturated rings. The molecule has 4 heteroatoms. The van der Waals surface area contributed by atoms with Gasteiger partial charge in [0.05, 0.1) is 30.8 Å². The van der Waals surface area contributed by atoms with E-state index in [1.54, 1.807) is 19.6 Å². The van der Waals surface area contributed by atoms with Crippen molar-refractivity contribution >= 4 is 5.52 Å². The molecule has 4 nitrogen and oxygen atoms in total. The number of hydrogen-bond donors (Lipinski definition) is 1. The van der Waals surface area contributed by atoms with E-state index in [4.69, 9.17) is 4.74 Å². The Bertz CT molecular complexity index is 558. The fraction of sp³-hybridized carbons (Fsp3) is 0.533. The Morgan fingerprint density at radius 3 is 2.84 bits per heavy atom. The molecule has 2 heterocycles. The van der Waals surface area contributed by atoms with Crippen LogP contribution >= 0.6 is 0 Å². The first-order valence-electron chi connectivity index (χ1n) is 6.98. The molecule has 1 atom stereocenters. The van der Waals surface area contributed by atoms with Gasteiger partial charge < -0.3 is 9.84 Å². The van der Waals surface area contributed by atoms with Crippen molar-refractivity contribution in [3.63, 3.8) is 0 Å². The second-order valence-corrected chi connectivity index (χ2v) is 5.32. The average Bonchev–Trinajstić information content (AvgIpc) is 2.94. The van der Waals surface area contributed by atoms with Crippen molar-refractivity contribution in [2.75, 3.05) is 7.11 Å². The number of rotatable bonds is 3. The summed E-state index contributed by atoms with van der Waals surface area (Å²) in [4.78, 5) is 4.16. The molecule has 19 heavy (non-hydrogen) atoms. The van der Waals surface area contributed by atoms with Crippen LogP contribution in [0.4, 0.5) is 0 Å². The first-order valence-corrected chi connectivity index (χ1v) is 6.98. The third-order valence-corrected chi connectivity index (χ3v) is 4.18. The summed E-state index contributed by atoms with van der Waals surface area (Å²) in [6.45, 7) is 0. The van der Waals surface area contributed by atoms with E-state index in [0.29, 0.717) is 5.92 Å². The van der Waals surface area contributed by atoms with Crippen LogP contribution in [0.25, 0.3) is 5.52 Å². The normalized spacial score (nSPS) is 18.6. The number of ether oxygens (including phenoxy) is 1. The lowest BCUT2D eigenvalue weighted by Gasteiger charge is -2.28. The van der Waals surface area contributed by atoms with Crippen LogP contribution in [0.15, 0.2) is 24.7 Å². The molecule has 2 aromatic heterocycles. The predicted molar refractivity (Wildman–Crippen MR) is 73.3 cm³/mol. The Hall–Kier alpha value is -1.55. The second kappa shape index (κ2) is 5.21. The van der Waals surface area contributed by atoms with Crippen LogP contribution in [0.1, 0.15) is 43.9 Å². The number of aliphatic hydroxyl groups excluding tert-OH is 1. The van der Waals surface area contributed by atoms with E-state index >= 15 is 0 Å². The molecular weight excluding hydrogens is 240 g/mol. The number of aliphatic hydroxyl groups is 1. The van der Waals surface area contributed by atoms with Crippen LogP contribution in [-0.2, 0) is 0 Å². The van der Waals surface area contributed by atoms with Gasteiger partial charge in [0.15, 0.2) is 0 Å². The Morgan fingerprint density at radius 1 is 1.32 bits per heavy atom. The van der Waals surface area contributed by atoms with Gasteiger partial charge >= 0.3 is 0 Å². The lowest BCUT2D eigenvalue weighted by atomic mass is 9.84. The molecule has 102 valence electrons. The van der Waals surface area contributed by atoms with Crippen molar-refractivity contribution in [3.8, 4) is 5.75 Å². The maximum absolute atomic E-state index is 10.7. The summed E-state index contributed by atoms with van der Waals surface area (Å²) in [7, 11) is 1.65. The van der Waals surface area contributed by atoms with Crippen LogP contribution in [0.3, 0.4) is 0 Å². The highest BCUT2D eigenvalue weighted by atomic mass is 16.5. The largest absolute Gasteiger partial charge is 0.495 e. The van der Waals surface area contributed by atoms with Gasteiger partial charge in [0.25, 0.3) is 0 Å². The minimum absolute atomic E-state index is 0.329. The van der Waals surface area contributed by atoms with Crippen LogP contribution in [-0.4, -0.2) is 21.6 Å². The number of pyridine rings is 1. The minimum Gasteiger partial charge on any atom is -0.495 e. The smallest absolute Gasteiger partial charge is 0.141 e. The van der Waals surface area contributed by atoms with Gasteiger partial charge in [-0.05, 0) is 30.9 Å². The van der Waals surface area contributed by atoms with Gasteiger partial charge in [-0.15, -0.1) is 0 Å². The van der Waals surface area contributed by atoms with Crippen molar-refractivity contribution in [1.29, 1.82) is 0 Å². The monoisotopic (exact) mass is 260 g/mol. The van der Waals surface area contributed by atoms with Crippen LogP contribution in [0, 0.1) is 5.92 Å². The molecule has 0 spiro atoms. The maximum Gasteiger partial charge on any atom is 0.141 e. The third kappa shape index (κ3) is 2.21. The van der Waals surface area contributed by atoms with E-state index in [-0.39, 0.29) is 0 Å². The molecule has 3 rings (SSSR count). The summed E-state index contributed by atoms with van der Waals surface area (Å²) in [6, 6.07) is 3.88. The van der Waals surface area contributed by atoms with Gasteiger partial charge in [-0.1, -0.05) is 19.3 Å². The Morgan fingerprint density at radius 2 is 2.11 bits per heavy atom. The Balaban J connectivity index is 2.03. The van der Waals surface area contributed by atoms with E-state index < -0.39 is 6.10 Å². The summed E-state index contributed by atoms with van der Waals surface area (Å²) in [5, 5.41) is 10.7. The summed E-state index contributed by atoms with van der Waals surface area (Å²) >= 11 is 0. The van der Waals surface area contributed by atoms with Crippen molar-refractivity contribution in [3.05, 3.63) is 30.4 Å². The van der Waals surface area contributed by atoms with E-state index in [0.717, 1.165) is 29.8 Å². The van der Waals surface area contributed by atoms with Crippen molar-refractivity contribution in [1.82, 2.24) is 9.38 Å². The van der Waals surface area contributed by atoms with Gasteiger partial charge in [-0.3, -0.25) is 4.40 Å². The van der Waals surface area contributed by atoms with E-state index in [1.165, 1.54) is 19.3 Å². The fourth-order valence-electron chi connectivity index (χ4n) is 3.13. The van der Waals surface area contributed by atoms with Crippen molar-refractivity contribution in [2.45, 2.75) is 38.2 Å². The zero-order valence-electron chi connectivity index (χ0n) is 11.2. The lowest BCUT2D eigenvalue weighted by Crippen LogP contribution is -2.19. The van der Waals surface area contributed by atoms with Gasteiger partial charge in [0, 0.05) is 0 Å². The average molecular weight is 260 g/mol. The number of fused-ring (bicyclic) bond motifs is 1. The molecule has 0 radical (unpaired) electrons. The number of imidazole rings is 1. The third-order valence-electron chi connectivity index (χ3n) is 4.18. The molecule has 0 bridgehead atoms. The van der Waals surface area contributed by atoms with Crippen LogP contribution in [0.2, 0.25) is 0 Å². The molecule has 0 amide bonds. The molecule has 1 aliphatic rings. The molecule has 1 aliphatic carbocycles. The maximum atomic E-state index is 10.7. The number of nitrogens with zero attached hydrogens (tertiary/aromatic N) is 2. The molecule has 0 aromatic carbocycles. The van der Waals surface area contributed by atoms with Gasteiger partial charge in [-0.2, -0.15) is 0 Å². The molecule has 0 saturated heterocycles. The molecule has 1 N–H and O–H groups in total. The number of hydrogen-bond acceptors (Lipinski definition) is 3. The minimum atomic E-state index is -0.479. The summed E-state index contributed by atoms with van der Waals surface area (Å²) in [5.41, 5.74) is 1.83. The molecule has 0 aliphatic heterocycles. The van der Waals surface area contributed by atoms with E-state index in [1.807, 2.05) is 16.5 Å². The molecule has 2 aromatic rings. The lowest BCUT2D eigenvalue weighted by molar-refractivity contribution is 0.0775. The van der Waals surface area contributed by atoms with Gasteiger partial charge in [-0.25, -0.2) is 4.98 Å². The van der Waals surface area contributed by atoms with Crippen molar-refractivity contribution < 1.29 is 9.84 Å². The molecular formula is C15H20N2O2. The van der Waals surface area contributed by atoms with Gasteiger partial charge in [0.2, 0.25) is 0 Å². The SMILES string of the molecule is COc1ccc2cncn2c1C(O)C1CCCCC1. The number of aromatic nitrogens is 2. The summed E-state index contributed by atoms with van der Waals surface area (Å²) in [5.74, 6) is 1.07.